The number of unbranched alkanes of at least 4 members (excludes halogenated alkanes) is 8. The molecule has 0 bridgehead atoms. The van der Waals surface area contributed by atoms with E-state index in [0.29, 0.717) is 11.1 Å². The van der Waals surface area contributed by atoms with Gasteiger partial charge in [-0.3, -0.25) is 0 Å². The Labute approximate surface area is 269 Å². The first kappa shape index (κ1) is 35.5. The van der Waals surface area contributed by atoms with Gasteiger partial charge in [-0.05, 0) is 98.2 Å². The molecule has 3 rings (SSSR count). The van der Waals surface area contributed by atoms with Crippen LogP contribution in [-0.4, -0.2) is 35.2 Å². The Morgan fingerprint density at radius 1 is 0.556 bits per heavy atom. The molecule has 3 aromatic rings. The molecule has 0 saturated carbocycles. The van der Waals surface area contributed by atoms with Crippen LogP contribution in [0.15, 0.2) is 66.7 Å². The van der Waals surface area contributed by atoms with Crippen molar-refractivity contribution in [3.63, 3.8) is 0 Å². The summed E-state index contributed by atoms with van der Waals surface area (Å²) in [6.45, 7) is 8.25. The molecule has 0 fully saturated rings. The maximum absolute atomic E-state index is 13.2. The van der Waals surface area contributed by atoms with Crippen molar-refractivity contribution in [1.29, 1.82) is 0 Å². The van der Waals surface area contributed by atoms with Crippen LogP contribution in [0.3, 0.4) is 0 Å². The van der Waals surface area contributed by atoms with Crippen molar-refractivity contribution in [2.75, 3.05) is 0 Å². The van der Waals surface area contributed by atoms with E-state index in [2.05, 4.69) is 13.8 Å². The normalized spacial score (nSPS) is 12.4. The fourth-order valence-corrected chi connectivity index (χ4v) is 5.43. The third-order valence-corrected chi connectivity index (χ3v) is 8.17. The minimum atomic E-state index is -0.993. The minimum Gasteiger partial charge on any atom is -0.478 e. The number of carbonyl (C=O) groups is 3. The number of carboxylic acids is 1. The zero-order chi connectivity index (χ0) is 32.6. The van der Waals surface area contributed by atoms with Gasteiger partial charge in [-0.25, -0.2) is 14.4 Å². The van der Waals surface area contributed by atoms with Gasteiger partial charge in [-0.1, -0.05) is 95.5 Å². The second-order valence-corrected chi connectivity index (χ2v) is 12.1. The van der Waals surface area contributed by atoms with Crippen LogP contribution in [0, 0.1) is 0 Å². The monoisotopic (exact) mass is 614 g/mol. The first-order valence-electron chi connectivity index (χ1n) is 16.7. The van der Waals surface area contributed by atoms with Crippen molar-refractivity contribution < 1.29 is 29.0 Å². The van der Waals surface area contributed by atoms with Crippen molar-refractivity contribution in [1.82, 2.24) is 0 Å². The molecule has 0 aliphatic rings. The third kappa shape index (κ3) is 11.5. The molecule has 0 heterocycles. The largest absolute Gasteiger partial charge is 0.478 e. The van der Waals surface area contributed by atoms with Crippen molar-refractivity contribution in [3.05, 3.63) is 83.4 Å². The number of aromatic carboxylic acids is 1. The Kier molecular flexibility index (Phi) is 14.8. The summed E-state index contributed by atoms with van der Waals surface area (Å²) in [5, 5.41) is 9.35. The van der Waals surface area contributed by atoms with Gasteiger partial charge in [0.1, 0.15) is 0 Å². The smallest absolute Gasteiger partial charge is 0.338 e. The van der Waals surface area contributed by atoms with Crippen LogP contribution < -0.4 is 0 Å². The Morgan fingerprint density at radius 3 is 1.47 bits per heavy atom. The molecule has 6 heteroatoms. The predicted molar refractivity (Wildman–Crippen MR) is 181 cm³/mol. The molecule has 6 nitrogen and oxygen atoms in total. The van der Waals surface area contributed by atoms with Gasteiger partial charge in [0.25, 0.3) is 0 Å². The highest BCUT2D eigenvalue weighted by molar-refractivity contribution is 5.96. The van der Waals surface area contributed by atoms with E-state index in [9.17, 15) is 19.5 Å². The van der Waals surface area contributed by atoms with Gasteiger partial charge in [-0.15, -0.1) is 0 Å². The van der Waals surface area contributed by atoms with Crippen LogP contribution >= 0.6 is 0 Å². The van der Waals surface area contributed by atoms with Crippen LogP contribution in [0.25, 0.3) is 22.3 Å². The van der Waals surface area contributed by atoms with Crippen LogP contribution in [0.2, 0.25) is 0 Å². The predicted octanol–water partition coefficient (Wildman–Crippen LogP) is 10.5. The Balaban J connectivity index is 1.79. The van der Waals surface area contributed by atoms with Gasteiger partial charge in [0.05, 0.1) is 28.9 Å². The summed E-state index contributed by atoms with van der Waals surface area (Å²) in [4.78, 5) is 37.4. The fraction of sp³-hybridized carbons (Fsp3) is 0.462. The molecule has 3 aromatic carbocycles. The van der Waals surface area contributed by atoms with Crippen molar-refractivity contribution in [2.45, 2.75) is 117 Å². The van der Waals surface area contributed by atoms with Crippen LogP contribution in [-0.2, 0) is 9.47 Å². The van der Waals surface area contributed by atoms with Crippen molar-refractivity contribution in [2.24, 2.45) is 0 Å². The van der Waals surface area contributed by atoms with E-state index in [4.69, 9.17) is 9.47 Å². The van der Waals surface area contributed by atoms with Gasteiger partial charge in [0.2, 0.25) is 0 Å². The van der Waals surface area contributed by atoms with Gasteiger partial charge in [-0.2, -0.15) is 0 Å². The highest BCUT2D eigenvalue weighted by atomic mass is 16.5. The molecule has 0 aromatic heterocycles. The zero-order valence-electron chi connectivity index (χ0n) is 27.5. The first-order chi connectivity index (χ1) is 21.7. The van der Waals surface area contributed by atoms with Gasteiger partial charge >= 0.3 is 17.9 Å². The number of rotatable bonds is 19. The zero-order valence-corrected chi connectivity index (χ0v) is 27.5. The molecule has 2 atom stereocenters. The number of hydrogen-bond acceptors (Lipinski definition) is 5. The summed E-state index contributed by atoms with van der Waals surface area (Å²) in [5.41, 5.74) is 4.33. The summed E-state index contributed by atoms with van der Waals surface area (Å²) in [7, 11) is 0. The average Bonchev–Trinajstić information content (AvgIpc) is 3.04. The maximum Gasteiger partial charge on any atom is 0.338 e. The number of ether oxygens (including phenoxy) is 2. The topological polar surface area (TPSA) is 89.9 Å². The molecule has 0 spiro atoms. The number of benzene rings is 3. The van der Waals surface area contributed by atoms with Crippen molar-refractivity contribution >= 4 is 17.9 Å². The minimum absolute atomic E-state index is 0.152. The highest BCUT2D eigenvalue weighted by Crippen LogP contribution is 2.34. The molecule has 0 saturated heterocycles. The van der Waals surface area contributed by atoms with E-state index < -0.39 is 5.97 Å². The maximum atomic E-state index is 13.2. The molecule has 45 heavy (non-hydrogen) atoms. The Bertz CT molecular complexity index is 1360. The lowest BCUT2D eigenvalue weighted by Crippen LogP contribution is -2.15. The molecule has 242 valence electrons. The average molecular weight is 615 g/mol. The lowest BCUT2D eigenvalue weighted by Gasteiger charge is -2.16. The summed E-state index contributed by atoms with van der Waals surface area (Å²) >= 11 is 0. The lowest BCUT2D eigenvalue weighted by molar-refractivity contribution is 0.0309. The molecule has 1 N–H and O–H groups in total. The van der Waals surface area contributed by atoms with E-state index in [1.165, 1.54) is 38.5 Å². The van der Waals surface area contributed by atoms with Crippen LogP contribution in [0.1, 0.15) is 136 Å². The lowest BCUT2D eigenvalue weighted by atomic mass is 9.92. The summed E-state index contributed by atoms with van der Waals surface area (Å²) in [6, 6.07) is 19.3. The second kappa shape index (κ2) is 18.8. The Morgan fingerprint density at radius 2 is 0.978 bits per heavy atom. The standard InChI is InChI=1S/C39H50O6/c1-5-7-9-11-13-15-28(3)44-38(42)33-23-19-31(20-24-33)36-27-34(39(43)45-29(4)16-14-12-10-8-6-2)25-26-35(36)30-17-21-32(22-18-30)37(40)41/h17-29H,5-16H2,1-4H3,(H,40,41)/t28-,29-/m1/s1. The first-order valence-corrected chi connectivity index (χ1v) is 16.7. The quantitative estimate of drug-likeness (QED) is 0.107. The van der Waals surface area contributed by atoms with E-state index in [-0.39, 0.29) is 29.7 Å². The fourth-order valence-electron chi connectivity index (χ4n) is 5.43. The number of hydrogen-bond donors (Lipinski definition) is 1. The summed E-state index contributed by atoms with van der Waals surface area (Å²) in [5.74, 6) is -1.73. The van der Waals surface area contributed by atoms with Gasteiger partial charge < -0.3 is 14.6 Å². The van der Waals surface area contributed by atoms with Gasteiger partial charge in [0.15, 0.2) is 0 Å². The summed E-state index contributed by atoms with van der Waals surface area (Å²) in [6.07, 6.45) is 12.9. The number of esters is 2. The van der Waals surface area contributed by atoms with E-state index in [0.717, 1.165) is 60.8 Å². The van der Waals surface area contributed by atoms with E-state index in [1.807, 2.05) is 38.1 Å². The van der Waals surface area contributed by atoms with Crippen LogP contribution in [0.4, 0.5) is 0 Å². The number of carboxylic acid groups (broad SMARTS) is 1. The van der Waals surface area contributed by atoms with Crippen molar-refractivity contribution in [3.8, 4) is 22.3 Å². The van der Waals surface area contributed by atoms with E-state index in [1.54, 1.807) is 42.5 Å². The molecule has 0 aliphatic carbocycles. The highest BCUT2D eigenvalue weighted by Gasteiger charge is 2.18. The molecule has 0 aliphatic heterocycles. The molecular weight excluding hydrogens is 564 g/mol. The number of carbonyl (C=O) groups excluding carboxylic acids is 2. The van der Waals surface area contributed by atoms with E-state index >= 15 is 0 Å². The summed E-state index contributed by atoms with van der Waals surface area (Å²) < 4.78 is 11.5. The second-order valence-electron chi connectivity index (χ2n) is 12.1. The van der Waals surface area contributed by atoms with Gasteiger partial charge in [0, 0.05) is 0 Å². The third-order valence-electron chi connectivity index (χ3n) is 8.17. The molecule has 0 amide bonds. The Hall–Kier alpha value is -3.93. The molecule has 0 radical (unpaired) electrons. The van der Waals surface area contributed by atoms with Crippen LogP contribution in [0.5, 0.6) is 0 Å². The molecule has 0 unspecified atom stereocenters. The molecular formula is C39H50O6. The SMILES string of the molecule is CCCCCCC[C@@H](C)OC(=O)c1ccc(-c2cc(C(=O)O[C@H](C)CCCCCCC)ccc2-c2ccc(C(=O)O)cc2)cc1.